The first-order valence-electron chi connectivity index (χ1n) is 10.2. The summed E-state index contributed by atoms with van der Waals surface area (Å²) in [5.74, 6) is 0.958. The maximum Gasteiger partial charge on any atom is 0.334 e. The van der Waals surface area contributed by atoms with Gasteiger partial charge in [0.2, 0.25) is 6.29 Å². The fraction of sp³-hybridized carbons (Fsp3) is 0.950. The zero-order valence-corrected chi connectivity index (χ0v) is 15.4. The normalized spacial score (nSPS) is 43.8. The molecule has 1 saturated heterocycles. The highest BCUT2D eigenvalue weighted by Gasteiger charge is 2.69. The van der Waals surface area contributed by atoms with Gasteiger partial charge in [-0.3, -0.25) is 0 Å². The third-order valence-corrected chi connectivity index (χ3v) is 7.31. The number of hydrogen-bond donors (Lipinski definition) is 1. The molecular formula is C20H32O5. The molecule has 25 heavy (non-hydrogen) atoms. The molecule has 3 saturated carbocycles. The van der Waals surface area contributed by atoms with Gasteiger partial charge in [-0.15, -0.1) is 0 Å². The van der Waals surface area contributed by atoms with Crippen LogP contribution in [0.3, 0.4) is 0 Å². The van der Waals surface area contributed by atoms with Crippen LogP contribution in [0.5, 0.6) is 0 Å². The molecule has 6 unspecified atom stereocenters. The third-order valence-electron chi connectivity index (χ3n) is 7.31. The minimum absolute atomic E-state index is 0.0185. The quantitative estimate of drug-likeness (QED) is 0.744. The summed E-state index contributed by atoms with van der Waals surface area (Å²) < 4.78 is 17.4. The molecule has 0 aromatic heterocycles. The highest BCUT2D eigenvalue weighted by Crippen LogP contribution is 2.70. The largest absolute Gasteiger partial charge is 0.434 e. The number of carbonyl (C=O) groups is 1. The lowest BCUT2D eigenvalue weighted by Gasteiger charge is -2.48. The lowest BCUT2D eigenvalue weighted by molar-refractivity contribution is -0.206. The number of ether oxygens (including phenoxy) is 3. The first-order valence-corrected chi connectivity index (χ1v) is 10.2. The summed E-state index contributed by atoms with van der Waals surface area (Å²) >= 11 is 0. The molecule has 4 rings (SSSR count). The van der Waals surface area contributed by atoms with Crippen LogP contribution in [0.4, 0.5) is 0 Å². The van der Waals surface area contributed by atoms with Crippen molar-refractivity contribution in [2.45, 2.75) is 89.1 Å². The highest BCUT2D eigenvalue weighted by atomic mass is 16.7. The molecule has 0 spiro atoms. The molecule has 0 radical (unpaired) electrons. The average molecular weight is 352 g/mol. The lowest BCUT2D eigenvalue weighted by atomic mass is 9.65. The number of rotatable bonds is 6. The van der Waals surface area contributed by atoms with Crippen molar-refractivity contribution in [2.75, 3.05) is 13.2 Å². The van der Waals surface area contributed by atoms with Crippen LogP contribution in [0.2, 0.25) is 0 Å². The molecular weight excluding hydrogens is 320 g/mol. The van der Waals surface area contributed by atoms with E-state index < -0.39 is 6.29 Å². The molecule has 5 heteroatoms. The van der Waals surface area contributed by atoms with Gasteiger partial charge in [0.25, 0.3) is 0 Å². The fourth-order valence-electron chi connectivity index (χ4n) is 6.60. The standard InChI is InChI=1S/C20H32O5/c1-14(21)11-19-9-7-15(12-19)16-5-4-8-20(16,19)24-13-17(22)25-18-6-2-3-10-23-18/h14-16,18,21H,2-13H2,1H3. The SMILES string of the molecule is CC(O)CC12CCC(C1)C1CCCC12OCC(=O)OC1CCCCO1. The minimum Gasteiger partial charge on any atom is -0.434 e. The van der Waals surface area contributed by atoms with Crippen molar-refractivity contribution in [3.63, 3.8) is 0 Å². The minimum atomic E-state index is -0.395. The molecule has 0 aromatic rings. The fourth-order valence-corrected chi connectivity index (χ4v) is 6.60. The molecule has 1 N–H and O–H groups in total. The van der Waals surface area contributed by atoms with Crippen molar-refractivity contribution < 1.29 is 24.1 Å². The molecule has 4 aliphatic rings. The van der Waals surface area contributed by atoms with E-state index in [1.54, 1.807) is 0 Å². The van der Waals surface area contributed by atoms with Crippen LogP contribution in [0, 0.1) is 17.3 Å². The van der Waals surface area contributed by atoms with Gasteiger partial charge < -0.3 is 19.3 Å². The molecule has 4 fully saturated rings. The molecule has 1 heterocycles. The number of carbonyl (C=O) groups excluding carboxylic acids is 1. The Balaban J connectivity index is 1.43. The Labute approximate surface area is 150 Å². The molecule has 0 amide bonds. The van der Waals surface area contributed by atoms with E-state index in [2.05, 4.69) is 0 Å². The first-order chi connectivity index (χ1) is 12.0. The van der Waals surface area contributed by atoms with E-state index in [1.807, 2.05) is 6.92 Å². The molecule has 3 aliphatic carbocycles. The highest BCUT2D eigenvalue weighted by molar-refractivity contribution is 5.70. The van der Waals surface area contributed by atoms with E-state index in [-0.39, 0.29) is 29.7 Å². The number of esters is 1. The summed E-state index contributed by atoms with van der Waals surface area (Å²) in [6.45, 7) is 2.57. The molecule has 6 atom stereocenters. The van der Waals surface area contributed by atoms with Crippen LogP contribution in [0.25, 0.3) is 0 Å². The second kappa shape index (κ2) is 6.82. The second-order valence-electron chi connectivity index (χ2n) is 8.80. The third kappa shape index (κ3) is 3.02. The van der Waals surface area contributed by atoms with E-state index in [1.165, 1.54) is 19.3 Å². The molecule has 142 valence electrons. The molecule has 0 aromatic carbocycles. The molecule has 2 bridgehead atoms. The van der Waals surface area contributed by atoms with E-state index in [0.717, 1.165) is 44.9 Å². The summed E-state index contributed by atoms with van der Waals surface area (Å²) in [7, 11) is 0. The summed E-state index contributed by atoms with van der Waals surface area (Å²) in [4.78, 5) is 12.3. The maximum absolute atomic E-state index is 12.3. The van der Waals surface area contributed by atoms with Gasteiger partial charge in [0.05, 0.1) is 18.3 Å². The van der Waals surface area contributed by atoms with Crippen molar-refractivity contribution >= 4 is 5.97 Å². The Bertz CT molecular complexity index is 500. The summed E-state index contributed by atoms with van der Waals surface area (Å²) in [5, 5.41) is 10.1. The number of hydrogen-bond acceptors (Lipinski definition) is 5. The topological polar surface area (TPSA) is 65.0 Å². The molecule has 5 nitrogen and oxygen atoms in total. The number of fused-ring (bicyclic) bond motifs is 5. The van der Waals surface area contributed by atoms with Gasteiger partial charge >= 0.3 is 5.97 Å². The van der Waals surface area contributed by atoms with Gasteiger partial charge in [0.15, 0.2) is 0 Å². The van der Waals surface area contributed by atoms with Crippen LogP contribution in [-0.2, 0) is 19.0 Å². The number of aliphatic hydroxyl groups is 1. The van der Waals surface area contributed by atoms with Crippen LogP contribution >= 0.6 is 0 Å². The number of aliphatic hydroxyl groups excluding tert-OH is 1. The van der Waals surface area contributed by atoms with Crippen LogP contribution in [-0.4, -0.2) is 42.3 Å². The van der Waals surface area contributed by atoms with Gasteiger partial charge in [-0.1, -0.05) is 6.42 Å². The Morgan fingerprint density at radius 3 is 2.88 bits per heavy atom. The summed E-state index contributed by atoms with van der Waals surface area (Å²) in [6.07, 6.45) is 9.88. The Morgan fingerprint density at radius 1 is 1.24 bits per heavy atom. The van der Waals surface area contributed by atoms with Gasteiger partial charge in [-0.2, -0.15) is 0 Å². The monoisotopic (exact) mass is 352 g/mol. The van der Waals surface area contributed by atoms with E-state index in [4.69, 9.17) is 14.2 Å². The first kappa shape index (κ1) is 17.7. The average Bonchev–Trinajstić information content (AvgIpc) is 3.24. The van der Waals surface area contributed by atoms with Crippen molar-refractivity contribution in [1.29, 1.82) is 0 Å². The van der Waals surface area contributed by atoms with E-state index in [0.29, 0.717) is 18.4 Å². The Hall–Kier alpha value is -0.650. The zero-order chi connectivity index (χ0) is 17.5. The smallest absolute Gasteiger partial charge is 0.334 e. The summed E-state index contributed by atoms with van der Waals surface area (Å²) in [5.41, 5.74) is -0.173. The van der Waals surface area contributed by atoms with E-state index >= 15 is 0 Å². The van der Waals surface area contributed by atoms with Gasteiger partial charge in [0.1, 0.15) is 6.61 Å². The predicted octanol–water partition coefficient (Wildman–Crippen LogP) is 3.18. The van der Waals surface area contributed by atoms with Crippen LogP contribution < -0.4 is 0 Å². The zero-order valence-electron chi connectivity index (χ0n) is 15.4. The second-order valence-corrected chi connectivity index (χ2v) is 8.80. The van der Waals surface area contributed by atoms with Gasteiger partial charge in [-0.25, -0.2) is 4.79 Å². The molecule has 1 aliphatic heterocycles. The van der Waals surface area contributed by atoms with Crippen molar-refractivity contribution in [3.05, 3.63) is 0 Å². The van der Waals surface area contributed by atoms with Gasteiger partial charge in [0, 0.05) is 11.8 Å². The van der Waals surface area contributed by atoms with Crippen LogP contribution in [0.1, 0.15) is 71.1 Å². The Kier molecular flexibility index (Phi) is 4.84. The summed E-state index contributed by atoms with van der Waals surface area (Å²) in [6, 6.07) is 0. The maximum atomic E-state index is 12.3. The van der Waals surface area contributed by atoms with Crippen molar-refractivity contribution in [1.82, 2.24) is 0 Å². The van der Waals surface area contributed by atoms with Crippen LogP contribution in [0.15, 0.2) is 0 Å². The predicted molar refractivity (Wildman–Crippen MR) is 91.8 cm³/mol. The van der Waals surface area contributed by atoms with Gasteiger partial charge in [-0.05, 0) is 70.1 Å². The van der Waals surface area contributed by atoms with Crippen molar-refractivity contribution in [3.8, 4) is 0 Å². The Morgan fingerprint density at radius 2 is 2.12 bits per heavy atom. The van der Waals surface area contributed by atoms with Crippen molar-refractivity contribution in [2.24, 2.45) is 17.3 Å². The lowest BCUT2D eigenvalue weighted by Crippen LogP contribution is -2.51. The van der Waals surface area contributed by atoms with E-state index in [9.17, 15) is 9.90 Å².